The van der Waals surface area contributed by atoms with E-state index in [2.05, 4.69) is 15.5 Å². The van der Waals surface area contributed by atoms with Crippen LogP contribution in [0.5, 0.6) is 0 Å². The van der Waals surface area contributed by atoms with Crippen LogP contribution in [0.2, 0.25) is 0 Å². The first kappa shape index (κ1) is 14.5. The lowest BCUT2D eigenvalue weighted by molar-refractivity contribution is -0.138. The van der Waals surface area contributed by atoms with Crippen LogP contribution in [0.4, 0.5) is 18.3 Å². The van der Waals surface area contributed by atoms with Gasteiger partial charge in [0.15, 0.2) is 0 Å². The second-order valence-electron chi connectivity index (χ2n) is 4.79. The van der Waals surface area contributed by atoms with Gasteiger partial charge in [0.05, 0.1) is 0 Å². The summed E-state index contributed by atoms with van der Waals surface area (Å²) in [7, 11) is 3.74. The van der Waals surface area contributed by atoms with Gasteiger partial charge >= 0.3 is 6.18 Å². The van der Waals surface area contributed by atoms with Crippen molar-refractivity contribution in [3.8, 4) is 0 Å². The van der Waals surface area contributed by atoms with Gasteiger partial charge in [-0.3, -0.25) is 0 Å². The van der Waals surface area contributed by atoms with E-state index >= 15 is 0 Å². The summed E-state index contributed by atoms with van der Waals surface area (Å²) < 4.78 is 37.5. The van der Waals surface area contributed by atoms with Gasteiger partial charge in [0, 0.05) is 19.1 Å². The van der Waals surface area contributed by atoms with E-state index in [1.807, 2.05) is 11.9 Å². The fraction of sp³-hybridized carbons (Fsp3) is 0.818. The van der Waals surface area contributed by atoms with Crippen LogP contribution in [-0.4, -0.2) is 36.4 Å². The van der Waals surface area contributed by atoms with Crippen molar-refractivity contribution in [3.63, 3.8) is 0 Å². The number of hydrogen-bond acceptors (Lipinski definition) is 5. The van der Waals surface area contributed by atoms with Crippen molar-refractivity contribution in [1.82, 2.24) is 15.5 Å². The lowest BCUT2D eigenvalue weighted by Crippen LogP contribution is -2.39. The Kier molecular flexibility index (Phi) is 4.29. The summed E-state index contributed by atoms with van der Waals surface area (Å²) in [5, 5.41) is 9.59. The van der Waals surface area contributed by atoms with E-state index in [9.17, 15) is 13.2 Å². The first-order valence-corrected chi connectivity index (χ1v) is 7.04. The normalized spacial score (nSPS) is 24.5. The SMILES string of the molecule is CNC1CCC(N(C)c2nnc(C(F)(F)F)s2)CC1. The predicted molar refractivity (Wildman–Crippen MR) is 68.4 cm³/mol. The van der Waals surface area contributed by atoms with Crippen LogP contribution < -0.4 is 10.2 Å². The number of nitrogens with one attached hydrogen (secondary N) is 1. The molecule has 0 aromatic carbocycles. The molecule has 108 valence electrons. The first-order chi connectivity index (χ1) is 8.91. The fourth-order valence-electron chi connectivity index (χ4n) is 2.38. The van der Waals surface area contributed by atoms with Crippen LogP contribution in [0, 0.1) is 0 Å². The molecule has 0 saturated heterocycles. The van der Waals surface area contributed by atoms with Crippen molar-refractivity contribution >= 4 is 16.5 Å². The molecule has 1 aliphatic rings. The Labute approximate surface area is 114 Å². The van der Waals surface area contributed by atoms with E-state index in [1.165, 1.54) is 0 Å². The molecule has 0 spiro atoms. The van der Waals surface area contributed by atoms with Crippen LogP contribution in [0.15, 0.2) is 0 Å². The summed E-state index contributed by atoms with van der Waals surface area (Å²) in [5.41, 5.74) is 0. The summed E-state index contributed by atoms with van der Waals surface area (Å²) in [6.45, 7) is 0. The minimum Gasteiger partial charge on any atom is -0.347 e. The number of nitrogens with zero attached hydrogens (tertiary/aromatic N) is 3. The van der Waals surface area contributed by atoms with Crippen LogP contribution in [-0.2, 0) is 6.18 Å². The molecule has 1 aliphatic carbocycles. The second kappa shape index (κ2) is 5.62. The van der Waals surface area contributed by atoms with Crippen LogP contribution >= 0.6 is 11.3 Å². The lowest BCUT2D eigenvalue weighted by atomic mass is 9.91. The molecule has 0 bridgehead atoms. The smallest absolute Gasteiger partial charge is 0.347 e. The summed E-state index contributed by atoms with van der Waals surface area (Å²) in [6, 6.07) is 0.767. The van der Waals surface area contributed by atoms with Gasteiger partial charge in [0.1, 0.15) is 0 Å². The third kappa shape index (κ3) is 3.36. The number of rotatable bonds is 3. The Balaban J connectivity index is 2.00. The van der Waals surface area contributed by atoms with E-state index in [0.29, 0.717) is 22.5 Å². The van der Waals surface area contributed by atoms with E-state index < -0.39 is 11.2 Å². The second-order valence-corrected chi connectivity index (χ2v) is 5.75. The molecule has 1 saturated carbocycles. The molecular formula is C11H17F3N4S. The molecule has 0 amide bonds. The topological polar surface area (TPSA) is 41.0 Å². The molecule has 19 heavy (non-hydrogen) atoms. The molecule has 1 heterocycles. The Morgan fingerprint density at radius 3 is 2.32 bits per heavy atom. The molecule has 8 heteroatoms. The van der Waals surface area contributed by atoms with Crippen molar-refractivity contribution in [1.29, 1.82) is 0 Å². The molecule has 0 atom stereocenters. The molecular weight excluding hydrogens is 277 g/mol. The molecule has 0 aliphatic heterocycles. The third-order valence-electron chi connectivity index (χ3n) is 3.61. The zero-order chi connectivity index (χ0) is 14.0. The number of aromatic nitrogens is 2. The number of hydrogen-bond donors (Lipinski definition) is 1. The van der Waals surface area contributed by atoms with Crippen molar-refractivity contribution in [2.24, 2.45) is 0 Å². The number of halogens is 3. The third-order valence-corrected chi connectivity index (χ3v) is 4.67. The fourth-order valence-corrected chi connectivity index (χ4v) is 3.13. The van der Waals surface area contributed by atoms with Crippen LogP contribution in [0.1, 0.15) is 30.7 Å². The average Bonchev–Trinajstić information content (AvgIpc) is 2.87. The summed E-state index contributed by atoms with van der Waals surface area (Å²) in [5.74, 6) is 0. The maximum atomic E-state index is 12.5. The standard InChI is InChI=1S/C11H17F3N4S/c1-15-7-3-5-8(6-4-7)18(2)10-17-16-9(19-10)11(12,13)14/h7-8,15H,3-6H2,1-2H3. The zero-order valence-corrected chi connectivity index (χ0v) is 11.7. The Hall–Kier alpha value is -0.890. The van der Waals surface area contributed by atoms with E-state index in [1.54, 1.807) is 7.05 Å². The Morgan fingerprint density at radius 2 is 1.84 bits per heavy atom. The van der Waals surface area contributed by atoms with Crippen molar-refractivity contribution in [3.05, 3.63) is 5.01 Å². The highest BCUT2D eigenvalue weighted by Crippen LogP contribution is 2.35. The highest BCUT2D eigenvalue weighted by molar-refractivity contribution is 7.15. The minimum absolute atomic E-state index is 0.249. The van der Waals surface area contributed by atoms with Gasteiger partial charge in [-0.15, -0.1) is 10.2 Å². The summed E-state index contributed by atoms with van der Waals surface area (Å²) >= 11 is 0.611. The molecule has 0 unspecified atom stereocenters. The molecule has 1 aromatic rings. The van der Waals surface area contributed by atoms with Gasteiger partial charge in [-0.05, 0) is 32.7 Å². The lowest BCUT2D eigenvalue weighted by Gasteiger charge is -2.34. The minimum atomic E-state index is -4.40. The Bertz CT molecular complexity index is 412. The highest BCUT2D eigenvalue weighted by Gasteiger charge is 2.36. The highest BCUT2D eigenvalue weighted by atomic mass is 32.1. The molecule has 1 N–H and O–H groups in total. The van der Waals surface area contributed by atoms with E-state index in [-0.39, 0.29) is 6.04 Å². The van der Waals surface area contributed by atoms with Gasteiger partial charge < -0.3 is 10.2 Å². The van der Waals surface area contributed by atoms with Gasteiger partial charge in [0.2, 0.25) is 10.1 Å². The van der Waals surface area contributed by atoms with Crippen molar-refractivity contribution in [2.45, 2.75) is 43.9 Å². The monoisotopic (exact) mass is 294 g/mol. The van der Waals surface area contributed by atoms with E-state index in [0.717, 1.165) is 25.7 Å². The maximum absolute atomic E-state index is 12.5. The Morgan fingerprint density at radius 1 is 1.21 bits per heavy atom. The molecule has 1 aromatic heterocycles. The molecule has 2 rings (SSSR count). The van der Waals surface area contributed by atoms with Gasteiger partial charge in [-0.1, -0.05) is 11.3 Å². The first-order valence-electron chi connectivity index (χ1n) is 6.22. The number of anilines is 1. The van der Waals surface area contributed by atoms with Crippen LogP contribution in [0.3, 0.4) is 0 Å². The molecule has 4 nitrogen and oxygen atoms in total. The largest absolute Gasteiger partial charge is 0.445 e. The van der Waals surface area contributed by atoms with Gasteiger partial charge in [-0.25, -0.2) is 0 Å². The quantitative estimate of drug-likeness (QED) is 0.930. The average molecular weight is 294 g/mol. The maximum Gasteiger partial charge on any atom is 0.445 e. The van der Waals surface area contributed by atoms with Gasteiger partial charge in [0.25, 0.3) is 0 Å². The number of alkyl halides is 3. The molecule has 0 radical (unpaired) electrons. The van der Waals surface area contributed by atoms with Gasteiger partial charge in [-0.2, -0.15) is 13.2 Å². The predicted octanol–water partition coefficient (Wildman–Crippen LogP) is 2.52. The molecule has 1 fully saturated rings. The summed E-state index contributed by atoms with van der Waals surface area (Å²) in [6.07, 6.45) is -0.403. The summed E-state index contributed by atoms with van der Waals surface area (Å²) in [4.78, 5) is 1.83. The van der Waals surface area contributed by atoms with E-state index in [4.69, 9.17) is 0 Å². The van der Waals surface area contributed by atoms with Crippen molar-refractivity contribution < 1.29 is 13.2 Å². The van der Waals surface area contributed by atoms with Crippen molar-refractivity contribution in [2.75, 3.05) is 19.0 Å². The van der Waals surface area contributed by atoms with Crippen LogP contribution in [0.25, 0.3) is 0 Å². The zero-order valence-electron chi connectivity index (χ0n) is 10.9.